The molecule has 9 heteroatoms. The van der Waals surface area contributed by atoms with Crippen LogP contribution in [0.3, 0.4) is 0 Å². The number of tetrazole rings is 1. The summed E-state index contributed by atoms with van der Waals surface area (Å²) in [7, 11) is 0. The Balaban J connectivity index is 1.36. The van der Waals surface area contributed by atoms with E-state index in [0.29, 0.717) is 17.9 Å². The summed E-state index contributed by atoms with van der Waals surface area (Å²) in [4.78, 5) is 14.7. The summed E-state index contributed by atoms with van der Waals surface area (Å²) in [5, 5.41) is 18.5. The Hall–Kier alpha value is -3.17. The van der Waals surface area contributed by atoms with Crippen molar-refractivity contribution in [1.82, 2.24) is 25.6 Å². The molecule has 0 unspecified atom stereocenters. The van der Waals surface area contributed by atoms with Gasteiger partial charge in [0.2, 0.25) is 5.82 Å². The van der Waals surface area contributed by atoms with Gasteiger partial charge in [-0.05, 0) is 44.9 Å². The van der Waals surface area contributed by atoms with Crippen molar-refractivity contribution in [3.63, 3.8) is 0 Å². The molecule has 0 atom stereocenters. The minimum Gasteiger partial charge on any atom is -0.267 e. The van der Waals surface area contributed by atoms with Gasteiger partial charge in [0.15, 0.2) is 0 Å². The van der Waals surface area contributed by atoms with Crippen LogP contribution < -0.4 is 5.43 Å². The van der Waals surface area contributed by atoms with E-state index in [4.69, 9.17) is 0 Å². The van der Waals surface area contributed by atoms with Crippen LogP contribution >= 0.6 is 27.3 Å². The third-order valence-corrected chi connectivity index (χ3v) is 5.60. The van der Waals surface area contributed by atoms with Gasteiger partial charge in [0.05, 0.1) is 12.8 Å². The molecule has 0 aliphatic carbocycles. The maximum atomic E-state index is 12.2. The molecule has 0 radical (unpaired) electrons. The highest BCUT2D eigenvalue weighted by Crippen LogP contribution is 2.17. The second kappa shape index (κ2) is 8.89. The number of halogens is 1. The third kappa shape index (κ3) is 5.01. The van der Waals surface area contributed by atoms with Crippen LogP contribution in [-0.4, -0.2) is 32.3 Å². The van der Waals surface area contributed by atoms with Crippen LogP contribution in [0.25, 0.3) is 11.4 Å². The summed E-state index contributed by atoms with van der Waals surface area (Å²) in [5.41, 5.74) is 4.93. The summed E-state index contributed by atoms with van der Waals surface area (Å²) < 4.78 is 0.989. The van der Waals surface area contributed by atoms with E-state index in [2.05, 4.69) is 41.9 Å². The zero-order valence-electron chi connectivity index (χ0n) is 15.1. The molecule has 2 aromatic carbocycles. The van der Waals surface area contributed by atoms with E-state index in [1.807, 2.05) is 53.9 Å². The largest absolute Gasteiger partial charge is 0.271 e. The summed E-state index contributed by atoms with van der Waals surface area (Å²) in [5.74, 6) is 0.311. The second-order valence-corrected chi connectivity index (χ2v) is 7.93. The van der Waals surface area contributed by atoms with E-state index < -0.39 is 0 Å². The van der Waals surface area contributed by atoms with Crippen molar-refractivity contribution < 1.29 is 4.79 Å². The van der Waals surface area contributed by atoms with Crippen molar-refractivity contribution in [1.29, 1.82) is 0 Å². The molecule has 1 N–H and O–H groups in total. The van der Waals surface area contributed by atoms with Crippen molar-refractivity contribution in [3.8, 4) is 11.4 Å². The lowest BCUT2D eigenvalue weighted by Gasteiger charge is -2.03. The molecule has 0 aliphatic heterocycles. The van der Waals surface area contributed by atoms with E-state index in [9.17, 15) is 4.79 Å². The molecule has 29 heavy (non-hydrogen) atoms. The summed E-state index contributed by atoms with van der Waals surface area (Å²) in [6, 6.07) is 18.8. The van der Waals surface area contributed by atoms with Crippen molar-refractivity contribution >= 4 is 39.4 Å². The Morgan fingerprint density at radius 1 is 1.17 bits per heavy atom. The second-order valence-electron chi connectivity index (χ2n) is 6.07. The minimum absolute atomic E-state index is 0.270. The SMILES string of the molecule is O=C(NN=Cc1cc(Br)cs1)c1ccc(Cn2nnc(-c3ccccc3)n2)cc1. The molecule has 2 heterocycles. The van der Waals surface area contributed by atoms with Crippen molar-refractivity contribution in [2.75, 3.05) is 0 Å². The fourth-order valence-electron chi connectivity index (χ4n) is 2.55. The Kier molecular flexibility index (Phi) is 5.87. The zero-order valence-corrected chi connectivity index (χ0v) is 17.5. The highest BCUT2D eigenvalue weighted by Gasteiger charge is 2.07. The highest BCUT2D eigenvalue weighted by molar-refractivity contribution is 9.10. The number of carbonyl (C=O) groups excluding carboxylic acids is 1. The summed E-state index contributed by atoms with van der Waals surface area (Å²) in [6.07, 6.45) is 1.61. The standard InChI is InChI=1S/C20H15BrN6OS/c21-17-10-18(29-13-17)11-22-24-20(28)16-8-6-14(7-9-16)12-27-25-19(23-26-27)15-4-2-1-3-5-15/h1-11,13H,12H2,(H,24,28). The first kappa shape index (κ1) is 19.2. The monoisotopic (exact) mass is 466 g/mol. The Labute approximate surface area is 179 Å². The number of rotatable bonds is 6. The fraction of sp³-hybridized carbons (Fsp3) is 0.0500. The molecule has 7 nitrogen and oxygen atoms in total. The predicted molar refractivity (Wildman–Crippen MR) is 116 cm³/mol. The molecule has 0 saturated heterocycles. The quantitative estimate of drug-likeness (QED) is 0.344. The number of aromatic nitrogens is 4. The molecule has 144 valence electrons. The number of carbonyl (C=O) groups is 1. The van der Waals surface area contributed by atoms with Crippen LogP contribution in [0.2, 0.25) is 0 Å². The molecule has 0 bridgehead atoms. The third-order valence-electron chi connectivity index (χ3n) is 3.97. The maximum absolute atomic E-state index is 12.2. The predicted octanol–water partition coefficient (Wildman–Crippen LogP) is 3.98. The maximum Gasteiger partial charge on any atom is 0.271 e. The Bertz CT molecular complexity index is 1140. The van der Waals surface area contributed by atoms with Crippen LogP contribution in [0.5, 0.6) is 0 Å². The minimum atomic E-state index is -0.270. The van der Waals surface area contributed by atoms with E-state index in [1.165, 1.54) is 16.1 Å². The number of hydrazone groups is 1. The molecule has 1 amide bonds. The molecular formula is C20H15BrN6OS. The van der Waals surface area contributed by atoms with Crippen molar-refractivity contribution in [3.05, 3.63) is 86.5 Å². The Morgan fingerprint density at radius 2 is 1.97 bits per heavy atom. The van der Waals surface area contributed by atoms with Crippen LogP contribution in [0.15, 0.2) is 75.6 Å². The Morgan fingerprint density at radius 3 is 2.69 bits per heavy atom. The van der Waals surface area contributed by atoms with Crippen molar-refractivity contribution in [2.45, 2.75) is 6.54 Å². The first-order valence-electron chi connectivity index (χ1n) is 8.67. The molecule has 0 spiro atoms. The molecule has 0 aliphatic rings. The average Bonchev–Trinajstić information content (AvgIpc) is 3.38. The van der Waals surface area contributed by atoms with E-state index in [-0.39, 0.29) is 5.91 Å². The van der Waals surface area contributed by atoms with Crippen LogP contribution in [0.1, 0.15) is 20.8 Å². The zero-order chi connectivity index (χ0) is 20.1. The van der Waals surface area contributed by atoms with Gasteiger partial charge in [0.1, 0.15) is 0 Å². The first-order chi connectivity index (χ1) is 14.2. The van der Waals surface area contributed by atoms with Gasteiger partial charge < -0.3 is 0 Å². The summed E-state index contributed by atoms with van der Waals surface area (Å²) >= 11 is 4.91. The smallest absolute Gasteiger partial charge is 0.267 e. The van der Waals surface area contributed by atoms with Gasteiger partial charge in [-0.15, -0.1) is 21.5 Å². The lowest BCUT2D eigenvalue weighted by Crippen LogP contribution is -2.17. The number of hydrogen-bond acceptors (Lipinski definition) is 6. The van der Waals surface area contributed by atoms with Gasteiger partial charge in [0, 0.05) is 25.9 Å². The number of amides is 1. The van der Waals surface area contributed by atoms with Gasteiger partial charge in [-0.2, -0.15) is 9.90 Å². The van der Waals surface area contributed by atoms with Gasteiger partial charge in [0.25, 0.3) is 5.91 Å². The topological polar surface area (TPSA) is 85.1 Å². The van der Waals surface area contributed by atoms with E-state index in [0.717, 1.165) is 20.5 Å². The lowest BCUT2D eigenvalue weighted by molar-refractivity contribution is 0.0955. The molecule has 0 fully saturated rings. The van der Waals surface area contributed by atoms with Crippen LogP contribution in [-0.2, 0) is 6.54 Å². The lowest BCUT2D eigenvalue weighted by atomic mass is 10.1. The molecular weight excluding hydrogens is 452 g/mol. The van der Waals surface area contributed by atoms with Gasteiger partial charge >= 0.3 is 0 Å². The van der Waals surface area contributed by atoms with E-state index in [1.54, 1.807) is 18.3 Å². The van der Waals surface area contributed by atoms with Crippen LogP contribution in [0.4, 0.5) is 0 Å². The number of benzene rings is 2. The first-order valence-corrected chi connectivity index (χ1v) is 10.3. The molecule has 2 aromatic heterocycles. The average molecular weight is 467 g/mol. The van der Waals surface area contributed by atoms with Gasteiger partial charge in [-0.25, -0.2) is 5.43 Å². The number of thiophene rings is 1. The summed E-state index contributed by atoms with van der Waals surface area (Å²) in [6.45, 7) is 0.465. The fourth-order valence-corrected chi connectivity index (χ4v) is 3.86. The molecule has 4 rings (SSSR count). The highest BCUT2D eigenvalue weighted by atomic mass is 79.9. The normalized spacial score (nSPS) is 11.1. The molecule has 0 saturated carbocycles. The number of nitrogens with one attached hydrogen (secondary N) is 1. The number of nitrogens with zero attached hydrogens (tertiary/aromatic N) is 5. The molecule has 4 aromatic rings. The van der Waals surface area contributed by atoms with Gasteiger partial charge in [-0.3, -0.25) is 4.79 Å². The van der Waals surface area contributed by atoms with Crippen LogP contribution in [0, 0.1) is 0 Å². The van der Waals surface area contributed by atoms with Crippen molar-refractivity contribution in [2.24, 2.45) is 5.10 Å². The van der Waals surface area contributed by atoms with E-state index >= 15 is 0 Å². The van der Waals surface area contributed by atoms with Gasteiger partial charge in [-0.1, -0.05) is 42.5 Å². The number of hydrogen-bond donors (Lipinski definition) is 1.